The number of hydrogen-bond donors (Lipinski definition) is 0. The zero-order valence-electron chi connectivity index (χ0n) is 6.70. The van der Waals surface area contributed by atoms with Gasteiger partial charge in [0.2, 0.25) is 0 Å². The summed E-state index contributed by atoms with van der Waals surface area (Å²) in [6.45, 7) is 2.99. The Bertz CT molecular complexity index is 216. The predicted molar refractivity (Wildman–Crippen MR) is 47.0 cm³/mol. The number of rotatable bonds is 3. The van der Waals surface area contributed by atoms with Gasteiger partial charge in [0.25, 0.3) is 0 Å². The molecule has 0 bridgehead atoms. The smallest absolute Gasteiger partial charge is 0.0807 e. The molecule has 1 rings (SSSR count). The van der Waals surface area contributed by atoms with E-state index in [-0.39, 0.29) is 0 Å². The Hall–Kier alpha value is -1.18. The maximum Gasteiger partial charge on any atom is 0.0807 e. The van der Waals surface area contributed by atoms with Crippen molar-refractivity contribution in [3.8, 4) is 0 Å². The molecule has 2 heteroatoms. The van der Waals surface area contributed by atoms with Crippen LogP contribution in [0.25, 0.3) is 0 Å². The van der Waals surface area contributed by atoms with E-state index in [2.05, 4.69) is 16.9 Å². The second-order valence-corrected chi connectivity index (χ2v) is 2.29. The maximum absolute atomic E-state index is 4.17. The Labute approximate surface area is 67.0 Å². The van der Waals surface area contributed by atoms with Crippen molar-refractivity contribution < 1.29 is 0 Å². The molecule has 1 aromatic rings. The molecule has 0 aliphatic heterocycles. The third kappa shape index (κ3) is 2.94. The lowest BCUT2D eigenvalue weighted by Gasteiger charge is -1.88. The molecule has 0 spiro atoms. The van der Waals surface area contributed by atoms with Gasteiger partial charge in [-0.1, -0.05) is 13.0 Å². The molecule has 1 aromatic heterocycles. The van der Waals surface area contributed by atoms with E-state index in [1.165, 1.54) is 0 Å². The highest BCUT2D eigenvalue weighted by Gasteiger charge is 1.82. The molecule has 0 aliphatic carbocycles. The number of aromatic nitrogens is 1. The maximum atomic E-state index is 4.17. The second kappa shape index (κ2) is 4.61. The summed E-state index contributed by atoms with van der Waals surface area (Å²) in [6, 6.07) is 5.80. The first-order chi connectivity index (χ1) is 5.43. The summed E-state index contributed by atoms with van der Waals surface area (Å²) in [7, 11) is 0. The minimum Gasteiger partial charge on any atom is -0.291 e. The van der Waals surface area contributed by atoms with Gasteiger partial charge < -0.3 is 0 Å². The van der Waals surface area contributed by atoms with Gasteiger partial charge in [-0.3, -0.25) is 9.98 Å². The fourth-order valence-electron chi connectivity index (χ4n) is 0.740. The van der Waals surface area contributed by atoms with Crippen molar-refractivity contribution in [3.63, 3.8) is 0 Å². The largest absolute Gasteiger partial charge is 0.291 e. The van der Waals surface area contributed by atoms with Crippen LogP contribution in [0, 0.1) is 0 Å². The average molecular weight is 148 g/mol. The minimum absolute atomic E-state index is 0.885. The monoisotopic (exact) mass is 148 g/mol. The molecule has 0 amide bonds. The molecule has 0 unspecified atom stereocenters. The van der Waals surface area contributed by atoms with Gasteiger partial charge in [0.15, 0.2) is 0 Å². The summed E-state index contributed by atoms with van der Waals surface area (Å²) < 4.78 is 0. The van der Waals surface area contributed by atoms with E-state index >= 15 is 0 Å². The minimum atomic E-state index is 0.885. The summed E-state index contributed by atoms with van der Waals surface area (Å²) in [5.41, 5.74) is 0.931. The SMILES string of the molecule is CCCN=Cc1ccccn1. The molecule has 0 aliphatic rings. The zero-order chi connectivity index (χ0) is 7.94. The highest BCUT2D eigenvalue weighted by atomic mass is 14.7. The normalized spacial score (nSPS) is 10.6. The first-order valence-corrected chi connectivity index (χ1v) is 3.84. The highest BCUT2D eigenvalue weighted by molar-refractivity contribution is 5.76. The van der Waals surface area contributed by atoms with Gasteiger partial charge in [-0.15, -0.1) is 0 Å². The van der Waals surface area contributed by atoms with E-state index in [0.29, 0.717) is 0 Å². The molecular formula is C9H12N2. The standard InChI is InChI=1S/C9H12N2/c1-2-6-10-8-9-5-3-4-7-11-9/h3-5,7-8H,2,6H2,1H3. The van der Waals surface area contributed by atoms with E-state index in [0.717, 1.165) is 18.7 Å². The summed E-state index contributed by atoms with van der Waals surface area (Å²) in [5.74, 6) is 0. The van der Waals surface area contributed by atoms with Crippen LogP contribution in [0.2, 0.25) is 0 Å². The highest BCUT2D eigenvalue weighted by Crippen LogP contribution is 1.88. The van der Waals surface area contributed by atoms with E-state index in [4.69, 9.17) is 0 Å². The van der Waals surface area contributed by atoms with Crippen molar-refractivity contribution in [1.29, 1.82) is 0 Å². The number of aliphatic imine (C=N–C) groups is 1. The van der Waals surface area contributed by atoms with Gasteiger partial charge >= 0.3 is 0 Å². The van der Waals surface area contributed by atoms with Crippen LogP contribution in [-0.4, -0.2) is 17.7 Å². The van der Waals surface area contributed by atoms with Crippen LogP contribution in [0.5, 0.6) is 0 Å². The van der Waals surface area contributed by atoms with Crippen LogP contribution in [0.15, 0.2) is 29.4 Å². The molecule has 1 heterocycles. The fourth-order valence-corrected chi connectivity index (χ4v) is 0.740. The summed E-state index contributed by atoms with van der Waals surface area (Å²) in [5, 5.41) is 0. The van der Waals surface area contributed by atoms with Gasteiger partial charge in [0, 0.05) is 19.0 Å². The van der Waals surface area contributed by atoms with Crippen molar-refractivity contribution in [1.82, 2.24) is 4.98 Å². The molecule has 0 aromatic carbocycles. The lowest BCUT2D eigenvalue weighted by Crippen LogP contribution is -1.86. The first kappa shape index (κ1) is 7.92. The van der Waals surface area contributed by atoms with Crippen molar-refractivity contribution in [2.24, 2.45) is 4.99 Å². The first-order valence-electron chi connectivity index (χ1n) is 3.84. The van der Waals surface area contributed by atoms with Crippen molar-refractivity contribution >= 4 is 6.21 Å². The number of nitrogens with zero attached hydrogens (tertiary/aromatic N) is 2. The summed E-state index contributed by atoms with van der Waals surface area (Å²) in [4.78, 5) is 8.27. The predicted octanol–water partition coefficient (Wildman–Crippen LogP) is 1.91. The van der Waals surface area contributed by atoms with Crippen LogP contribution in [0.4, 0.5) is 0 Å². The number of hydrogen-bond acceptors (Lipinski definition) is 2. The third-order valence-corrected chi connectivity index (χ3v) is 1.26. The van der Waals surface area contributed by atoms with E-state index in [1.54, 1.807) is 6.20 Å². The Kier molecular flexibility index (Phi) is 3.32. The second-order valence-electron chi connectivity index (χ2n) is 2.29. The van der Waals surface area contributed by atoms with E-state index in [9.17, 15) is 0 Å². The van der Waals surface area contributed by atoms with Gasteiger partial charge in [0.1, 0.15) is 0 Å². The molecule has 58 valence electrons. The van der Waals surface area contributed by atoms with Crippen molar-refractivity contribution in [2.45, 2.75) is 13.3 Å². The van der Waals surface area contributed by atoms with Gasteiger partial charge in [-0.2, -0.15) is 0 Å². The van der Waals surface area contributed by atoms with Crippen LogP contribution < -0.4 is 0 Å². The Morgan fingerprint density at radius 1 is 1.55 bits per heavy atom. The molecule has 2 nitrogen and oxygen atoms in total. The van der Waals surface area contributed by atoms with E-state index < -0.39 is 0 Å². The van der Waals surface area contributed by atoms with E-state index in [1.807, 2.05) is 24.4 Å². The lowest BCUT2D eigenvalue weighted by atomic mass is 10.4. The average Bonchev–Trinajstić information content (AvgIpc) is 2.07. The third-order valence-electron chi connectivity index (χ3n) is 1.26. The molecule has 0 radical (unpaired) electrons. The van der Waals surface area contributed by atoms with Crippen molar-refractivity contribution in [3.05, 3.63) is 30.1 Å². The lowest BCUT2D eigenvalue weighted by molar-refractivity contribution is 0.936. The zero-order valence-corrected chi connectivity index (χ0v) is 6.70. The summed E-state index contributed by atoms with van der Waals surface area (Å²) in [6.07, 6.45) is 4.67. The fraction of sp³-hybridized carbons (Fsp3) is 0.333. The molecule has 0 saturated carbocycles. The van der Waals surface area contributed by atoms with Crippen molar-refractivity contribution in [2.75, 3.05) is 6.54 Å². The molecule has 0 atom stereocenters. The quantitative estimate of drug-likeness (QED) is 0.601. The van der Waals surface area contributed by atoms with Crippen LogP contribution in [-0.2, 0) is 0 Å². The Morgan fingerprint density at radius 2 is 2.45 bits per heavy atom. The van der Waals surface area contributed by atoms with Gasteiger partial charge in [0.05, 0.1) is 5.69 Å². The molecular weight excluding hydrogens is 136 g/mol. The Balaban J connectivity index is 2.50. The summed E-state index contributed by atoms with van der Waals surface area (Å²) >= 11 is 0. The van der Waals surface area contributed by atoms with Crippen LogP contribution in [0.3, 0.4) is 0 Å². The Morgan fingerprint density at radius 3 is 3.09 bits per heavy atom. The topological polar surface area (TPSA) is 25.2 Å². The molecule has 0 N–H and O–H groups in total. The number of pyridine rings is 1. The molecule has 0 saturated heterocycles. The van der Waals surface area contributed by atoms with Gasteiger partial charge in [-0.05, 0) is 18.6 Å². The van der Waals surface area contributed by atoms with Gasteiger partial charge in [-0.25, -0.2) is 0 Å². The van der Waals surface area contributed by atoms with Crippen LogP contribution >= 0.6 is 0 Å². The molecule has 0 fully saturated rings. The molecule has 11 heavy (non-hydrogen) atoms. The van der Waals surface area contributed by atoms with Crippen LogP contribution in [0.1, 0.15) is 19.0 Å².